The molecule has 11 aromatic rings. The quantitative estimate of drug-likeness (QED) is 0.129. The van der Waals surface area contributed by atoms with E-state index in [0.29, 0.717) is 0 Å². The van der Waals surface area contributed by atoms with Gasteiger partial charge >= 0.3 is 0 Å². The van der Waals surface area contributed by atoms with Gasteiger partial charge in [-0.1, -0.05) is 115 Å². The van der Waals surface area contributed by atoms with Crippen LogP contribution in [0.15, 0.2) is 286 Å². The number of aromatic nitrogens is 4. The molecule has 0 bridgehead atoms. The summed E-state index contributed by atoms with van der Waals surface area (Å²) in [6.07, 6.45) is 11.1. The molecule has 0 saturated heterocycles. The second kappa shape index (κ2) is 28.5. The van der Waals surface area contributed by atoms with E-state index in [1.165, 1.54) is 11.1 Å². The molecule has 9 aromatic carbocycles. The van der Waals surface area contributed by atoms with Crippen LogP contribution in [0.5, 0.6) is 0 Å². The maximum atomic E-state index is 4.47. The fourth-order valence-corrected chi connectivity index (χ4v) is 9.52. The van der Waals surface area contributed by atoms with Crippen LogP contribution in [0.25, 0.3) is 11.4 Å². The van der Waals surface area contributed by atoms with Crippen molar-refractivity contribution in [1.29, 1.82) is 0 Å². The summed E-state index contributed by atoms with van der Waals surface area (Å²) in [7, 11) is 1.95. The van der Waals surface area contributed by atoms with Crippen molar-refractivity contribution in [1.82, 2.24) is 19.9 Å². The largest absolute Gasteiger partial charge is 0.499 e. The first-order chi connectivity index (χ1) is 41.1. The average Bonchev–Trinajstić information content (AvgIpc) is 3.21. The molecule has 15 rings (SSSR count). The van der Waals surface area contributed by atoms with Crippen LogP contribution in [0.2, 0.25) is 0 Å². The number of benzene rings is 9. The Bertz CT molecular complexity index is 3660. The third-order valence-electron chi connectivity index (χ3n) is 13.5. The van der Waals surface area contributed by atoms with Crippen molar-refractivity contribution in [3.63, 3.8) is 0 Å². The molecule has 0 amide bonds. The van der Waals surface area contributed by atoms with Crippen LogP contribution in [0.1, 0.15) is 11.1 Å². The van der Waals surface area contributed by atoms with E-state index in [1.807, 2.05) is 180 Å². The van der Waals surface area contributed by atoms with Crippen LogP contribution in [-0.2, 0) is 40.2 Å². The van der Waals surface area contributed by atoms with Crippen LogP contribution in [0.3, 0.4) is 0 Å². The fourth-order valence-electron chi connectivity index (χ4n) is 9.52. The Kier molecular flexibility index (Phi) is 19.6. The zero-order valence-electron chi connectivity index (χ0n) is 46.0. The SMILES string of the molecule is CN1[CH-]N(c2[c-]cccc2)c2nccnc21.[Ir].[Ir].[c-]1ccccc1N1C=C(c2ccccc2)N(c2ccccc2)[CH-]1.[c-]1ccccc1N1C=C(c2ccccc2)N(c2ccccc2)[CH-]1.[c-]1ccccc1N1[CH-]N(c2ccccc2)c2nccnc21. The third kappa shape index (κ3) is 13.7. The molecule has 424 valence electrons. The van der Waals surface area contributed by atoms with Gasteiger partial charge in [0.15, 0.2) is 0 Å². The first-order valence-corrected chi connectivity index (χ1v) is 27.0. The summed E-state index contributed by atoms with van der Waals surface area (Å²) >= 11 is 0. The number of hydrogen-bond acceptors (Lipinski definition) is 12. The summed E-state index contributed by atoms with van der Waals surface area (Å²) in [4.78, 5) is 34.1. The maximum absolute atomic E-state index is 4.47. The predicted octanol–water partition coefficient (Wildman–Crippen LogP) is 15.5. The molecule has 85 heavy (non-hydrogen) atoms. The van der Waals surface area contributed by atoms with Crippen molar-refractivity contribution in [2.45, 2.75) is 0 Å². The molecule has 12 nitrogen and oxygen atoms in total. The summed E-state index contributed by atoms with van der Waals surface area (Å²) < 4.78 is 0. The van der Waals surface area contributed by atoms with Gasteiger partial charge in [0.25, 0.3) is 0 Å². The zero-order chi connectivity index (χ0) is 56.0. The van der Waals surface area contributed by atoms with Gasteiger partial charge in [0.1, 0.15) is 23.3 Å². The number of rotatable bonds is 9. The summed E-state index contributed by atoms with van der Waals surface area (Å²) in [5.41, 5.74) is 12.0. The van der Waals surface area contributed by atoms with Gasteiger partial charge in [-0.3, -0.25) is 0 Å². The molecule has 0 fully saturated rings. The molecular formula is C71H54Ir2N12-8. The second-order valence-corrected chi connectivity index (χ2v) is 18.9. The number of fused-ring (bicyclic) bond motifs is 2. The molecule has 0 unspecified atom stereocenters. The number of anilines is 11. The first-order valence-electron chi connectivity index (χ1n) is 27.0. The topological polar surface area (TPSA) is 77.5 Å². The number of nitrogens with zero attached hydrogens (tertiary/aromatic N) is 12. The van der Waals surface area contributed by atoms with Gasteiger partial charge in [0, 0.05) is 93.5 Å². The molecule has 4 aliphatic heterocycles. The minimum Gasteiger partial charge on any atom is -0.499 e. The molecule has 0 N–H and O–H groups in total. The molecular weight excluding hydrogens is 1410 g/mol. The summed E-state index contributed by atoms with van der Waals surface area (Å²) in [6, 6.07) is 96.4. The third-order valence-corrected chi connectivity index (χ3v) is 13.5. The standard InChI is InChI=1S/2C21H16N2.C17H12N4.C12H10N4.2Ir/c2*1-4-10-18(11-5-1)21-16-22(19-12-6-2-7-13-19)17-23(21)20-14-8-3-9-15-20;1-3-7-14(8-4-1)20-13-21(15-9-5-2-6-10-15)17-16(20)18-11-12-19-17;1-15-9-16(10-5-3-2-4-6-10)12-11(15)13-7-8-14-12;;/h2*1-12,14-17H;1-9,11-13H;2-5,7-9H,1H3;;/q4*-2;;. The molecule has 0 aliphatic carbocycles. The Morgan fingerprint density at radius 1 is 0.294 bits per heavy atom. The average molecular weight is 1460 g/mol. The first kappa shape index (κ1) is 58.5. The van der Waals surface area contributed by atoms with E-state index in [4.69, 9.17) is 0 Å². The summed E-state index contributed by atoms with van der Waals surface area (Å²) in [6.45, 7) is 8.15. The molecule has 14 heteroatoms. The Morgan fingerprint density at radius 3 is 0.976 bits per heavy atom. The number of hydrogen-bond donors (Lipinski definition) is 0. The van der Waals surface area contributed by atoms with Crippen LogP contribution in [0.4, 0.5) is 63.1 Å². The van der Waals surface area contributed by atoms with E-state index in [-0.39, 0.29) is 40.2 Å². The fraction of sp³-hybridized carbons (Fsp3) is 0.0141. The second-order valence-electron chi connectivity index (χ2n) is 18.9. The van der Waals surface area contributed by atoms with Gasteiger partial charge < -0.3 is 39.2 Å². The Balaban J connectivity index is 0.000000126. The Labute approximate surface area is 525 Å². The zero-order valence-corrected chi connectivity index (χ0v) is 50.8. The Hall–Kier alpha value is -9.68. The van der Waals surface area contributed by atoms with Crippen molar-refractivity contribution in [2.75, 3.05) is 46.2 Å². The van der Waals surface area contributed by atoms with Gasteiger partial charge in [0.05, 0.1) is 0 Å². The van der Waals surface area contributed by atoms with Crippen LogP contribution in [0, 0.1) is 50.9 Å². The monoisotopic (exact) mass is 1460 g/mol. The van der Waals surface area contributed by atoms with Crippen LogP contribution >= 0.6 is 0 Å². The van der Waals surface area contributed by atoms with E-state index in [1.54, 1.807) is 24.8 Å². The summed E-state index contributed by atoms with van der Waals surface area (Å²) in [5.74, 6) is 3.33. The maximum Gasteiger partial charge on any atom is 0.145 e. The van der Waals surface area contributed by atoms with E-state index >= 15 is 0 Å². The smallest absolute Gasteiger partial charge is 0.145 e. The van der Waals surface area contributed by atoms with E-state index in [0.717, 1.165) is 74.5 Å². The molecule has 4 aliphatic rings. The minimum absolute atomic E-state index is 0. The van der Waals surface area contributed by atoms with Gasteiger partial charge in [-0.2, -0.15) is 121 Å². The molecule has 2 radical (unpaired) electrons. The van der Waals surface area contributed by atoms with Gasteiger partial charge in [-0.15, -0.1) is 49.4 Å². The van der Waals surface area contributed by atoms with E-state index in [2.05, 4.69) is 199 Å². The van der Waals surface area contributed by atoms with Crippen molar-refractivity contribution >= 4 is 74.5 Å². The van der Waals surface area contributed by atoms with E-state index in [9.17, 15) is 0 Å². The van der Waals surface area contributed by atoms with Crippen molar-refractivity contribution in [2.24, 2.45) is 0 Å². The minimum atomic E-state index is 0. The molecule has 6 heterocycles. The van der Waals surface area contributed by atoms with Crippen LogP contribution < -0.4 is 39.2 Å². The van der Waals surface area contributed by atoms with Crippen molar-refractivity contribution in [3.8, 4) is 0 Å². The molecule has 0 saturated carbocycles. The van der Waals surface area contributed by atoms with Gasteiger partial charge in [0.2, 0.25) is 0 Å². The van der Waals surface area contributed by atoms with Gasteiger partial charge in [-0.25, -0.2) is 19.9 Å². The van der Waals surface area contributed by atoms with Crippen molar-refractivity contribution in [3.05, 3.63) is 348 Å². The van der Waals surface area contributed by atoms with Gasteiger partial charge in [-0.05, 0) is 67.0 Å². The Morgan fingerprint density at radius 2 is 0.600 bits per heavy atom. The molecule has 0 atom stereocenters. The summed E-state index contributed by atoms with van der Waals surface area (Å²) in [5, 5.41) is 0. The molecule has 2 aromatic heterocycles. The predicted molar refractivity (Wildman–Crippen MR) is 335 cm³/mol. The van der Waals surface area contributed by atoms with Crippen LogP contribution in [-0.4, -0.2) is 27.0 Å². The molecule has 0 spiro atoms. The van der Waals surface area contributed by atoms with E-state index < -0.39 is 0 Å². The number of para-hydroxylation sites is 7. The normalized spacial score (nSPS) is 13.5. The van der Waals surface area contributed by atoms with Crippen molar-refractivity contribution < 1.29 is 40.2 Å².